The summed E-state index contributed by atoms with van der Waals surface area (Å²) in [6.45, 7) is 3.94. The number of aliphatic imine (C=N–C) groups is 1. The maximum absolute atomic E-state index is 11.6. The molecule has 0 spiro atoms. The van der Waals surface area contributed by atoms with Gasteiger partial charge in [0, 0.05) is 19.0 Å². The van der Waals surface area contributed by atoms with Crippen LogP contribution in [0.5, 0.6) is 0 Å². The molecule has 0 saturated heterocycles. The lowest BCUT2D eigenvalue weighted by molar-refractivity contribution is 0.136. The lowest BCUT2D eigenvalue weighted by Crippen LogP contribution is -2.36. The molecule has 2 rings (SSSR count). The molecular formula is C14H19N3O2. The minimum Gasteiger partial charge on any atom is -0.445 e. The van der Waals surface area contributed by atoms with Gasteiger partial charge in [-0.3, -0.25) is 4.99 Å². The van der Waals surface area contributed by atoms with Crippen LogP contribution >= 0.6 is 0 Å². The van der Waals surface area contributed by atoms with Gasteiger partial charge in [-0.1, -0.05) is 30.3 Å². The van der Waals surface area contributed by atoms with Crippen molar-refractivity contribution < 1.29 is 9.53 Å². The Morgan fingerprint density at radius 1 is 1.47 bits per heavy atom. The number of hydrogen-bond donors (Lipinski definition) is 2. The minimum atomic E-state index is -0.394. The summed E-state index contributed by atoms with van der Waals surface area (Å²) in [4.78, 5) is 15.9. The van der Waals surface area contributed by atoms with Crippen LogP contribution in [0.1, 0.15) is 18.9 Å². The molecule has 0 aliphatic carbocycles. The van der Waals surface area contributed by atoms with Crippen LogP contribution in [0.2, 0.25) is 0 Å². The van der Waals surface area contributed by atoms with Gasteiger partial charge >= 0.3 is 6.09 Å². The second-order valence-corrected chi connectivity index (χ2v) is 4.57. The summed E-state index contributed by atoms with van der Waals surface area (Å²) >= 11 is 0. The van der Waals surface area contributed by atoms with Gasteiger partial charge in [0.15, 0.2) is 0 Å². The molecule has 0 fully saturated rings. The highest BCUT2D eigenvalue weighted by atomic mass is 16.5. The molecule has 2 N–H and O–H groups in total. The average Bonchev–Trinajstić information content (AvgIpc) is 2.90. The first-order chi connectivity index (χ1) is 9.24. The van der Waals surface area contributed by atoms with Crippen molar-refractivity contribution in [3.05, 3.63) is 35.9 Å². The van der Waals surface area contributed by atoms with E-state index in [0.717, 1.165) is 24.5 Å². The largest absolute Gasteiger partial charge is 0.445 e. The van der Waals surface area contributed by atoms with Crippen LogP contribution < -0.4 is 10.6 Å². The first kappa shape index (κ1) is 13.4. The second-order valence-electron chi connectivity index (χ2n) is 4.57. The number of hydrogen-bond acceptors (Lipinski definition) is 4. The zero-order valence-electron chi connectivity index (χ0n) is 11.1. The fourth-order valence-electron chi connectivity index (χ4n) is 1.89. The molecule has 5 nitrogen and oxygen atoms in total. The molecule has 1 aliphatic heterocycles. The number of benzene rings is 1. The maximum Gasteiger partial charge on any atom is 0.407 e. The SMILES string of the molecule is C[C@H](CC1=NCCN1)NC(=O)OCc1ccccc1. The van der Waals surface area contributed by atoms with Gasteiger partial charge in [-0.25, -0.2) is 4.79 Å². The first-order valence-corrected chi connectivity index (χ1v) is 6.48. The van der Waals surface area contributed by atoms with E-state index in [1.54, 1.807) is 0 Å². The van der Waals surface area contributed by atoms with Crippen molar-refractivity contribution in [1.29, 1.82) is 0 Å². The quantitative estimate of drug-likeness (QED) is 0.848. The van der Waals surface area contributed by atoms with Gasteiger partial charge in [-0.2, -0.15) is 0 Å². The van der Waals surface area contributed by atoms with E-state index < -0.39 is 6.09 Å². The topological polar surface area (TPSA) is 62.7 Å². The van der Waals surface area contributed by atoms with Gasteiger partial charge < -0.3 is 15.4 Å². The number of amides is 1. The summed E-state index contributed by atoms with van der Waals surface area (Å²) in [7, 11) is 0. The molecule has 1 aliphatic rings. The Kier molecular flexibility index (Phi) is 4.78. The lowest BCUT2D eigenvalue weighted by Gasteiger charge is -2.14. The summed E-state index contributed by atoms with van der Waals surface area (Å²) in [6, 6.07) is 9.63. The zero-order valence-corrected chi connectivity index (χ0v) is 11.1. The number of nitrogens with zero attached hydrogens (tertiary/aromatic N) is 1. The number of amidine groups is 1. The van der Waals surface area contributed by atoms with E-state index in [4.69, 9.17) is 4.74 Å². The van der Waals surface area contributed by atoms with Gasteiger partial charge in [-0.05, 0) is 12.5 Å². The van der Waals surface area contributed by atoms with E-state index in [0.29, 0.717) is 13.0 Å². The molecule has 0 unspecified atom stereocenters. The minimum absolute atomic E-state index is 0.00706. The second kappa shape index (κ2) is 6.78. The lowest BCUT2D eigenvalue weighted by atomic mass is 10.2. The Morgan fingerprint density at radius 2 is 2.26 bits per heavy atom. The maximum atomic E-state index is 11.6. The molecule has 1 amide bonds. The van der Waals surface area contributed by atoms with Crippen molar-refractivity contribution >= 4 is 11.9 Å². The van der Waals surface area contributed by atoms with Crippen molar-refractivity contribution in [2.75, 3.05) is 13.1 Å². The highest BCUT2D eigenvalue weighted by Crippen LogP contribution is 2.02. The van der Waals surface area contributed by atoms with E-state index in [1.807, 2.05) is 37.3 Å². The van der Waals surface area contributed by atoms with Gasteiger partial charge in [-0.15, -0.1) is 0 Å². The van der Waals surface area contributed by atoms with Crippen LogP contribution in [-0.4, -0.2) is 31.1 Å². The molecule has 0 radical (unpaired) electrons. The van der Waals surface area contributed by atoms with E-state index in [-0.39, 0.29) is 6.04 Å². The van der Waals surface area contributed by atoms with Crippen molar-refractivity contribution in [3.63, 3.8) is 0 Å². The smallest absolute Gasteiger partial charge is 0.407 e. The number of carbonyl (C=O) groups excluding carboxylic acids is 1. The van der Waals surface area contributed by atoms with Crippen LogP contribution in [0.4, 0.5) is 4.79 Å². The molecule has 1 aromatic carbocycles. The van der Waals surface area contributed by atoms with Gasteiger partial charge in [0.25, 0.3) is 0 Å². The molecule has 0 saturated carbocycles. The molecule has 1 heterocycles. The molecule has 19 heavy (non-hydrogen) atoms. The number of ether oxygens (including phenoxy) is 1. The number of rotatable bonds is 5. The fraction of sp³-hybridized carbons (Fsp3) is 0.429. The summed E-state index contributed by atoms with van der Waals surface area (Å²) in [5.41, 5.74) is 0.979. The zero-order chi connectivity index (χ0) is 13.5. The van der Waals surface area contributed by atoms with Gasteiger partial charge in [0.2, 0.25) is 0 Å². The Labute approximate surface area is 113 Å². The number of alkyl carbamates (subject to hydrolysis) is 1. The highest BCUT2D eigenvalue weighted by molar-refractivity contribution is 5.84. The summed E-state index contributed by atoms with van der Waals surface area (Å²) < 4.78 is 5.15. The molecule has 0 aromatic heterocycles. The third-order valence-electron chi connectivity index (χ3n) is 2.82. The molecule has 0 bridgehead atoms. The van der Waals surface area contributed by atoms with Crippen LogP contribution in [-0.2, 0) is 11.3 Å². The molecular weight excluding hydrogens is 242 g/mol. The van der Waals surface area contributed by atoms with Crippen molar-refractivity contribution in [1.82, 2.24) is 10.6 Å². The van der Waals surface area contributed by atoms with Crippen molar-refractivity contribution in [2.45, 2.75) is 26.0 Å². The van der Waals surface area contributed by atoms with E-state index in [2.05, 4.69) is 15.6 Å². The Morgan fingerprint density at radius 3 is 2.95 bits per heavy atom. The number of carbonyl (C=O) groups is 1. The van der Waals surface area contributed by atoms with Crippen LogP contribution in [0.3, 0.4) is 0 Å². The molecule has 1 aromatic rings. The summed E-state index contributed by atoms with van der Waals surface area (Å²) in [5.74, 6) is 0.954. The third-order valence-corrected chi connectivity index (χ3v) is 2.82. The Balaban J connectivity index is 1.69. The molecule has 5 heteroatoms. The van der Waals surface area contributed by atoms with Gasteiger partial charge in [0.1, 0.15) is 6.61 Å². The predicted octanol–water partition coefficient (Wildman–Crippen LogP) is 1.69. The third kappa shape index (κ3) is 4.62. The normalized spacial score (nSPS) is 15.3. The van der Waals surface area contributed by atoms with Crippen LogP contribution in [0.25, 0.3) is 0 Å². The highest BCUT2D eigenvalue weighted by Gasteiger charge is 2.13. The van der Waals surface area contributed by atoms with Crippen LogP contribution in [0, 0.1) is 0 Å². The average molecular weight is 261 g/mol. The Bertz CT molecular complexity index is 445. The van der Waals surface area contributed by atoms with Crippen LogP contribution in [0.15, 0.2) is 35.3 Å². The van der Waals surface area contributed by atoms with E-state index >= 15 is 0 Å². The monoisotopic (exact) mass is 261 g/mol. The van der Waals surface area contributed by atoms with Crippen molar-refractivity contribution in [3.8, 4) is 0 Å². The van der Waals surface area contributed by atoms with Gasteiger partial charge in [0.05, 0.1) is 12.4 Å². The summed E-state index contributed by atoms with van der Waals surface area (Å²) in [5, 5.41) is 5.97. The van der Waals surface area contributed by atoms with Crippen molar-refractivity contribution in [2.24, 2.45) is 4.99 Å². The Hall–Kier alpha value is -2.04. The molecule has 1 atom stereocenters. The number of nitrogens with one attached hydrogen (secondary N) is 2. The standard InChI is InChI=1S/C14H19N3O2/c1-11(9-13-15-7-8-16-13)17-14(18)19-10-12-5-3-2-4-6-12/h2-6,11H,7-10H2,1H3,(H,15,16)(H,17,18)/t11-/m1/s1. The predicted molar refractivity (Wildman–Crippen MR) is 74.1 cm³/mol. The van der Waals surface area contributed by atoms with E-state index in [9.17, 15) is 4.79 Å². The summed E-state index contributed by atoms with van der Waals surface area (Å²) in [6.07, 6.45) is 0.315. The van der Waals surface area contributed by atoms with E-state index in [1.165, 1.54) is 0 Å². The molecule has 102 valence electrons. The first-order valence-electron chi connectivity index (χ1n) is 6.48. The fourth-order valence-corrected chi connectivity index (χ4v) is 1.89.